The number of pyridine rings is 1. The summed E-state index contributed by atoms with van der Waals surface area (Å²) in [4.78, 5) is 18.9. The van der Waals surface area contributed by atoms with Crippen molar-refractivity contribution < 1.29 is 4.79 Å². The largest absolute Gasteiger partial charge is 0.330 e. The van der Waals surface area contributed by atoms with E-state index < -0.39 is 0 Å². The number of carbonyl (C=O) groups is 1. The molecule has 2 heterocycles. The molecule has 2 fully saturated rings. The van der Waals surface area contributed by atoms with Gasteiger partial charge in [0.2, 0.25) is 0 Å². The molecule has 1 aliphatic heterocycles. The van der Waals surface area contributed by atoms with Gasteiger partial charge in [0.05, 0.1) is 11.7 Å². The first-order valence-electron chi connectivity index (χ1n) is 8.29. The first-order valence-corrected chi connectivity index (χ1v) is 9.27. The van der Waals surface area contributed by atoms with Gasteiger partial charge >= 0.3 is 6.03 Å². The van der Waals surface area contributed by atoms with Crippen molar-refractivity contribution in [3.05, 3.63) is 30.1 Å². The predicted octanol–water partition coefficient (Wildman–Crippen LogP) is 3.60. The maximum atomic E-state index is 12.6. The molecule has 1 aliphatic carbocycles. The molecule has 1 N–H and O–H groups in total. The van der Waals surface area contributed by atoms with Gasteiger partial charge in [-0.25, -0.2) is 4.79 Å². The molecule has 1 saturated heterocycles. The fourth-order valence-corrected chi connectivity index (χ4v) is 5.07. The van der Waals surface area contributed by atoms with E-state index in [1.807, 2.05) is 30.0 Å². The zero-order valence-corrected chi connectivity index (χ0v) is 14.1. The number of carbonyl (C=O) groups excluding carboxylic acids is 1. The van der Waals surface area contributed by atoms with E-state index in [1.54, 1.807) is 6.20 Å². The van der Waals surface area contributed by atoms with Gasteiger partial charge in [-0.3, -0.25) is 4.98 Å². The van der Waals surface area contributed by atoms with Crippen LogP contribution in [0.25, 0.3) is 0 Å². The number of hydrogen-bond acceptors (Lipinski definition) is 3. The van der Waals surface area contributed by atoms with Gasteiger partial charge in [-0.05, 0) is 31.9 Å². The highest BCUT2D eigenvalue weighted by Crippen LogP contribution is 2.42. The second kappa shape index (κ2) is 6.90. The van der Waals surface area contributed by atoms with Crippen LogP contribution in [0.2, 0.25) is 0 Å². The Kier molecular flexibility index (Phi) is 4.91. The number of urea groups is 1. The molecule has 1 spiro atoms. The highest BCUT2D eigenvalue weighted by atomic mass is 32.2. The molecule has 22 heavy (non-hydrogen) atoms. The lowest BCUT2D eigenvalue weighted by Gasteiger charge is -2.44. The zero-order valence-electron chi connectivity index (χ0n) is 13.3. The number of nitrogens with zero attached hydrogens (tertiary/aromatic N) is 2. The van der Waals surface area contributed by atoms with E-state index in [2.05, 4.69) is 22.1 Å². The fourth-order valence-electron chi connectivity index (χ4n) is 3.50. The van der Waals surface area contributed by atoms with Crippen molar-refractivity contribution in [3.63, 3.8) is 0 Å². The molecule has 0 radical (unpaired) electrons. The minimum absolute atomic E-state index is 0.0504. The summed E-state index contributed by atoms with van der Waals surface area (Å²) < 4.78 is 0.322. The molecule has 1 saturated carbocycles. The Labute approximate surface area is 137 Å². The molecule has 2 aliphatic rings. The summed E-state index contributed by atoms with van der Waals surface area (Å²) >= 11 is 2.09. The standard InChI is InChI=1S/C17H25N3OS/c1-14(15-7-3-6-10-18-15)19-16(21)20-11-12-22-17(13-20)8-4-2-5-9-17/h3,6-7,10,14H,2,4-5,8-9,11-13H2,1H3,(H,19,21)/t14-/m1/s1. The summed E-state index contributed by atoms with van der Waals surface area (Å²) in [7, 11) is 0. The van der Waals surface area contributed by atoms with Crippen LogP contribution in [0.1, 0.15) is 50.8 Å². The smallest absolute Gasteiger partial charge is 0.317 e. The summed E-state index contributed by atoms with van der Waals surface area (Å²) in [6.07, 6.45) is 8.27. The summed E-state index contributed by atoms with van der Waals surface area (Å²) in [5.41, 5.74) is 0.912. The van der Waals surface area contributed by atoms with Gasteiger partial charge in [0.25, 0.3) is 0 Å². The van der Waals surface area contributed by atoms with Crippen LogP contribution in [0, 0.1) is 0 Å². The van der Waals surface area contributed by atoms with Gasteiger partial charge in [0.15, 0.2) is 0 Å². The third-order valence-electron chi connectivity index (χ3n) is 4.77. The van der Waals surface area contributed by atoms with Crippen LogP contribution in [-0.4, -0.2) is 39.5 Å². The SMILES string of the molecule is C[C@@H](NC(=O)N1CCSC2(CCCCC2)C1)c1ccccn1. The lowest BCUT2D eigenvalue weighted by atomic mass is 9.87. The normalized spacial score (nSPS) is 22.3. The summed E-state index contributed by atoms with van der Waals surface area (Å²) in [6.45, 7) is 3.75. The van der Waals surface area contributed by atoms with Crippen molar-refractivity contribution in [1.82, 2.24) is 15.2 Å². The lowest BCUT2D eigenvalue weighted by molar-refractivity contribution is 0.182. The van der Waals surface area contributed by atoms with Crippen LogP contribution in [-0.2, 0) is 0 Å². The number of hydrogen-bond donors (Lipinski definition) is 1. The van der Waals surface area contributed by atoms with Crippen LogP contribution in [0.3, 0.4) is 0 Å². The Morgan fingerprint density at radius 1 is 1.36 bits per heavy atom. The van der Waals surface area contributed by atoms with Crippen molar-refractivity contribution in [1.29, 1.82) is 0 Å². The Balaban J connectivity index is 1.60. The third kappa shape index (κ3) is 3.57. The van der Waals surface area contributed by atoms with E-state index in [1.165, 1.54) is 32.1 Å². The van der Waals surface area contributed by atoms with Gasteiger partial charge in [0, 0.05) is 29.8 Å². The van der Waals surface area contributed by atoms with Gasteiger partial charge < -0.3 is 10.2 Å². The van der Waals surface area contributed by atoms with E-state index >= 15 is 0 Å². The van der Waals surface area contributed by atoms with E-state index in [-0.39, 0.29) is 12.1 Å². The second-order valence-corrected chi connectivity index (χ2v) is 8.00. The maximum Gasteiger partial charge on any atom is 0.317 e. The Hall–Kier alpha value is -1.23. The molecule has 0 unspecified atom stereocenters. The highest BCUT2D eigenvalue weighted by molar-refractivity contribution is 8.00. The second-order valence-electron chi connectivity index (χ2n) is 6.44. The van der Waals surface area contributed by atoms with Crippen molar-refractivity contribution in [3.8, 4) is 0 Å². The minimum Gasteiger partial charge on any atom is -0.330 e. The number of nitrogens with one attached hydrogen (secondary N) is 1. The Morgan fingerprint density at radius 3 is 2.91 bits per heavy atom. The van der Waals surface area contributed by atoms with Crippen molar-refractivity contribution in [2.24, 2.45) is 0 Å². The average Bonchev–Trinajstić information content (AvgIpc) is 2.56. The van der Waals surface area contributed by atoms with Crippen molar-refractivity contribution in [2.75, 3.05) is 18.8 Å². The van der Waals surface area contributed by atoms with E-state index in [9.17, 15) is 4.79 Å². The van der Waals surface area contributed by atoms with E-state index in [4.69, 9.17) is 0 Å². The molecule has 0 bridgehead atoms. The molecular weight excluding hydrogens is 294 g/mol. The van der Waals surface area contributed by atoms with Gasteiger partial charge in [0.1, 0.15) is 0 Å². The predicted molar refractivity (Wildman–Crippen MR) is 91.0 cm³/mol. The van der Waals surface area contributed by atoms with E-state index in [0.29, 0.717) is 4.75 Å². The summed E-state index contributed by atoms with van der Waals surface area (Å²) in [6, 6.07) is 5.82. The first-order chi connectivity index (χ1) is 10.7. The molecule has 2 amide bonds. The molecule has 3 rings (SSSR count). The molecule has 4 nitrogen and oxygen atoms in total. The number of rotatable bonds is 2. The van der Waals surface area contributed by atoms with Crippen LogP contribution in [0.5, 0.6) is 0 Å². The molecule has 0 aromatic carbocycles. The molecule has 1 aromatic rings. The van der Waals surface area contributed by atoms with Gasteiger partial charge in [-0.15, -0.1) is 0 Å². The van der Waals surface area contributed by atoms with Crippen LogP contribution < -0.4 is 5.32 Å². The quantitative estimate of drug-likeness (QED) is 0.906. The molecule has 1 atom stereocenters. The van der Waals surface area contributed by atoms with Gasteiger partial charge in [-0.1, -0.05) is 25.3 Å². The number of aromatic nitrogens is 1. The zero-order chi connectivity index (χ0) is 15.4. The van der Waals surface area contributed by atoms with Gasteiger partial charge in [-0.2, -0.15) is 11.8 Å². The molecule has 120 valence electrons. The summed E-state index contributed by atoms with van der Waals surface area (Å²) in [5, 5.41) is 3.10. The third-order valence-corrected chi connectivity index (χ3v) is 6.31. The summed E-state index contributed by atoms with van der Waals surface area (Å²) in [5.74, 6) is 1.06. The highest BCUT2D eigenvalue weighted by Gasteiger charge is 2.38. The minimum atomic E-state index is -0.0504. The lowest BCUT2D eigenvalue weighted by Crippen LogP contribution is -2.53. The number of amides is 2. The van der Waals surface area contributed by atoms with Crippen molar-refractivity contribution in [2.45, 2.75) is 49.8 Å². The molecular formula is C17H25N3OS. The van der Waals surface area contributed by atoms with E-state index in [0.717, 1.165) is 24.5 Å². The monoisotopic (exact) mass is 319 g/mol. The fraction of sp³-hybridized carbons (Fsp3) is 0.647. The molecule has 1 aromatic heterocycles. The Morgan fingerprint density at radius 2 is 2.18 bits per heavy atom. The van der Waals surface area contributed by atoms with Crippen LogP contribution in [0.4, 0.5) is 4.79 Å². The molecule has 5 heteroatoms. The van der Waals surface area contributed by atoms with Crippen LogP contribution in [0.15, 0.2) is 24.4 Å². The average molecular weight is 319 g/mol. The topological polar surface area (TPSA) is 45.2 Å². The van der Waals surface area contributed by atoms with Crippen LogP contribution >= 0.6 is 11.8 Å². The maximum absolute atomic E-state index is 12.6. The first kappa shape index (κ1) is 15.7. The Bertz CT molecular complexity index is 496. The van der Waals surface area contributed by atoms with Crippen molar-refractivity contribution >= 4 is 17.8 Å². The number of thioether (sulfide) groups is 1.